The predicted octanol–water partition coefficient (Wildman–Crippen LogP) is 2.17. The molecule has 0 saturated heterocycles. The van der Waals surface area contributed by atoms with Crippen LogP contribution in [-0.2, 0) is 11.2 Å². The number of hydrogen-bond donors (Lipinski definition) is 2. The van der Waals surface area contributed by atoms with Gasteiger partial charge in [0.15, 0.2) is 0 Å². The van der Waals surface area contributed by atoms with E-state index in [2.05, 4.69) is 15.6 Å². The van der Waals surface area contributed by atoms with E-state index >= 15 is 0 Å². The predicted molar refractivity (Wildman–Crippen MR) is 91.5 cm³/mol. The van der Waals surface area contributed by atoms with E-state index in [1.807, 2.05) is 18.2 Å². The Labute approximate surface area is 140 Å². The quantitative estimate of drug-likeness (QED) is 0.798. The molecule has 1 aromatic carbocycles. The van der Waals surface area contributed by atoms with E-state index in [-0.39, 0.29) is 5.91 Å². The number of carbonyl (C=O) groups excluding carboxylic acids is 2. The number of nitrogens with zero attached hydrogens (tertiary/aromatic N) is 1. The minimum Gasteiger partial charge on any atom is -0.410 e. The maximum absolute atomic E-state index is 11.8. The summed E-state index contributed by atoms with van der Waals surface area (Å²) in [5.41, 5.74) is 1.83. The van der Waals surface area contributed by atoms with Gasteiger partial charge in [0.25, 0.3) is 0 Å². The average molecular weight is 325 g/mol. The fourth-order valence-electron chi connectivity index (χ4n) is 1.96. The fourth-order valence-corrected chi connectivity index (χ4v) is 1.96. The summed E-state index contributed by atoms with van der Waals surface area (Å²) in [6, 6.07) is 10.9. The summed E-state index contributed by atoms with van der Waals surface area (Å²) in [4.78, 5) is 26.9. The first kappa shape index (κ1) is 17.2. The number of pyridine rings is 1. The lowest BCUT2D eigenvalue weighted by Crippen LogP contribution is -2.23. The highest BCUT2D eigenvalue weighted by atomic mass is 16.5. The van der Waals surface area contributed by atoms with Crippen molar-refractivity contribution in [3.8, 4) is 5.75 Å². The largest absolute Gasteiger partial charge is 0.412 e. The van der Waals surface area contributed by atoms with Crippen molar-refractivity contribution in [2.45, 2.75) is 6.42 Å². The van der Waals surface area contributed by atoms with Gasteiger partial charge in [-0.25, -0.2) is 4.79 Å². The molecule has 0 aliphatic heterocycles. The van der Waals surface area contributed by atoms with Crippen LogP contribution >= 0.6 is 0 Å². The molecule has 0 radical (unpaired) electrons. The Hall–Kier alpha value is -3.15. The van der Waals surface area contributed by atoms with E-state index in [0.29, 0.717) is 18.7 Å². The van der Waals surface area contributed by atoms with Crippen LogP contribution < -0.4 is 15.4 Å². The zero-order valence-corrected chi connectivity index (χ0v) is 13.4. The zero-order valence-electron chi connectivity index (χ0n) is 13.4. The number of hydrogen-bond acceptors (Lipinski definition) is 4. The topological polar surface area (TPSA) is 80.3 Å². The number of ether oxygens (including phenoxy) is 1. The summed E-state index contributed by atoms with van der Waals surface area (Å²) >= 11 is 0. The van der Waals surface area contributed by atoms with Gasteiger partial charge in [0.05, 0.1) is 0 Å². The number of amides is 2. The van der Waals surface area contributed by atoms with Crippen LogP contribution in [0.2, 0.25) is 0 Å². The van der Waals surface area contributed by atoms with Crippen molar-refractivity contribution >= 4 is 18.1 Å². The number of nitrogens with one attached hydrogen (secondary N) is 2. The minimum atomic E-state index is -0.513. The second-order valence-corrected chi connectivity index (χ2v) is 4.95. The van der Waals surface area contributed by atoms with Crippen molar-refractivity contribution in [3.63, 3.8) is 0 Å². The summed E-state index contributed by atoms with van der Waals surface area (Å²) < 4.78 is 5.06. The van der Waals surface area contributed by atoms with Crippen molar-refractivity contribution in [1.82, 2.24) is 15.6 Å². The normalized spacial score (nSPS) is 10.4. The number of benzene rings is 1. The molecule has 2 rings (SSSR count). The molecular weight excluding hydrogens is 306 g/mol. The van der Waals surface area contributed by atoms with E-state index in [1.54, 1.807) is 36.7 Å². The number of aromatic nitrogens is 1. The van der Waals surface area contributed by atoms with Gasteiger partial charge in [0, 0.05) is 32.1 Å². The number of rotatable bonds is 6. The molecular formula is C18H19N3O3. The minimum absolute atomic E-state index is 0.170. The lowest BCUT2D eigenvalue weighted by Gasteiger charge is -2.06. The zero-order chi connectivity index (χ0) is 17.2. The van der Waals surface area contributed by atoms with E-state index in [9.17, 15) is 9.59 Å². The summed E-state index contributed by atoms with van der Waals surface area (Å²) in [5, 5.41) is 5.19. The van der Waals surface area contributed by atoms with Gasteiger partial charge in [0.1, 0.15) is 5.75 Å². The third kappa shape index (κ3) is 5.92. The average Bonchev–Trinajstić information content (AvgIpc) is 2.61. The summed E-state index contributed by atoms with van der Waals surface area (Å²) in [5.74, 6) is 0.297. The Balaban J connectivity index is 1.79. The molecule has 0 aliphatic carbocycles. The lowest BCUT2D eigenvalue weighted by atomic mass is 10.1. The lowest BCUT2D eigenvalue weighted by molar-refractivity contribution is -0.116. The molecule has 2 amide bonds. The van der Waals surface area contributed by atoms with Gasteiger partial charge in [-0.15, -0.1) is 0 Å². The Morgan fingerprint density at radius 1 is 1.25 bits per heavy atom. The molecule has 2 N–H and O–H groups in total. The van der Waals surface area contributed by atoms with Crippen LogP contribution in [0.5, 0.6) is 5.75 Å². The summed E-state index contributed by atoms with van der Waals surface area (Å²) in [6.07, 6.45) is 6.67. The molecule has 124 valence electrons. The molecule has 0 saturated carbocycles. The molecule has 1 aromatic heterocycles. The Morgan fingerprint density at radius 2 is 2.12 bits per heavy atom. The smallest absolute Gasteiger partial charge is 0.410 e. The molecule has 0 fully saturated rings. The number of carbonyl (C=O) groups is 2. The fraction of sp³-hybridized carbons (Fsp3) is 0.167. The van der Waals surface area contributed by atoms with Gasteiger partial charge in [-0.2, -0.15) is 0 Å². The van der Waals surface area contributed by atoms with Crippen molar-refractivity contribution in [3.05, 3.63) is 66.0 Å². The molecule has 0 bridgehead atoms. The monoisotopic (exact) mass is 325 g/mol. The molecule has 2 aromatic rings. The third-order valence-electron chi connectivity index (χ3n) is 3.14. The van der Waals surface area contributed by atoms with Crippen molar-refractivity contribution < 1.29 is 14.3 Å². The highest BCUT2D eigenvalue weighted by Crippen LogP contribution is 2.13. The molecule has 1 heterocycles. The van der Waals surface area contributed by atoms with Gasteiger partial charge in [-0.3, -0.25) is 9.78 Å². The van der Waals surface area contributed by atoms with E-state index < -0.39 is 6.09 Å². The highest BCUT2D eigenvalue weighted by molar-refractivity contribution is 5.91. The molecule has 6 nitrogen and oxygen atoms in total. The Morgan fingerprint density at radius 3 is 2.88 bits per heavy atom. The van der Waals surface area contributed by atoms with Gasteiger partial charge >= 0.3 is 6.09 Å². The van der Waals surface area contributed by atoms with Crippen molar-refractivity contribution in [2.75, 3.05) is 13.6 Å². The summed E-state index contributed by atoms with van der Waals surface area (Å²) in [6.45, 7) is 0.486. The molecule has 0 atom stereocenters. The Bertz CT molecular complexity index is 714. The molecule has 0 spiro atoms. The van der Waals surface area contributed by atoms with Gasteiger partial charge in [-0.05, 0) is 41.8 Å². The van der Waals surface area contributed by atoms with Crippen LogP contribution in [0, 0.1) is 0 Å². The van der Waals surface area contributed by atoms with Gasteiger partial charge in [0.2, 0.25) is 5.91 Å². The van der Waals surface area contributed by atoms with Crippen molar-refractivity contribution in [1.29, 1.82) is 0 Å². The van der Waals surface area contributed by atoms with Crippen LogP contribution in [0.4, 0.5) is 4.79 Å². The SMILES string of the molecule is CNC(=O)Oc1cccc(CCNC(=O)/C=C/c2cccnc2)c1. The molecule has 0 aliphatic rings. The maximum atomic E-state index is 11.8. The standard InChI is InChI=1S/C18H19N3O3/c1-19-18(23)24-16-6-2-4-14(12-16)9-11-21-17(22)8-7-15-5-3-10-20-13-15/h2-8,10,12-13H,9,11H2,1H3,(H,19,23)(H,21,22)/b8-7+. The van der Waals surface area contributed by atoms with Crippen LogP contribution in [0.15, 0.2) is 54.9 Å². The summed E-state index contributed by atoms with van der Waals surface area (Å²) in [7, 11) is 1.50. The van der Waals surface area contributed by atoms with E-state index in [1.165, 1.54) is 13.1 Å². The Kier molecular flexibility index (Phi) is 6.52. The van der Waals surface area contributed by atoms with Gasteiger partial charge in [-0.1, -0.05) is 18.2 Å². The second kappa shape index (κ2) is 9.09. The first-order valence-electron chi connectivity index (χ1n) is 7.52. The van der Waals surface area contributed by atoms with Crippen LogP contribution in [0.1, 0.15) is 11.1 Å². The molecule has 6 heteroatoms. The van der Waals surface area contributed by atoms with Crippen LogP contribution in [0.3, 0.4) is 0 Å². The van der Waals surface area contributed by atoms with E-state index in [0.717, 1.165) is 11.1 Å². The first-order chi connectivity index (χ1) is 11.7. The second-order valence-electron chi connectivity index (χ2n) is 4.95. The van der Waals surface area contributed by atoms with Gasteiger partial charge < -0.3 is 15.4 Å². The van der Waals surface area contributed by atoms with Crippen molar-refractivity contribution in [2.24, 2.45) is 0 Å². The highest BCUT2D eigenvalue weighted by Gasteiger charge is 2.03. The van der Waals surface area contributed by atoms with Crippen LogP contribution in [0.25, 0.3) is 6.08 Å². The maximum Gasteiger partial charge on any atom is 0.412 e. The molecule has 24 heavy (non-hydrogen) atoms. The first-order valence-corrected chi connectivity index (χ1v) is 7.52. The molecule has 0 unspecified atom stereocenters. The van der Waals surface area contributed by atoms with E-state index in [4.69, 9.17) is 4.74 Å². The van der Waals surface area contributed by atoms with Crippen LogP contribution in [-0.4, -0.2) is 30.6 Å². The third-order valence-corrected chi connectivity index (χ3v) is 3.14.